The van der Waals surface area contributed by atoms with E-state index in [1.807, 2.05) is 31.2 Å². The van der Waals surface area contributed by atoms with Crippen LogP contribution >= 0.6 is 0 Å². The number of benzene rings is 3. The summed E-state index contributed by atoms with van der Waals surface area (Å²) in [5.41, 5.74) is 6.27. The maximum atomic E-state index is 14.2. The second-order valence-electron chi connectivity index (χ2n) is 8.33. The van der Waals surface area contributed by atoms with E-state index in [0.717, 1.165) is 33.4 Å². The topological polar surface area (TPSA) is 63.2 Å². The Morgan fingerprint density at radius 3 is 1.79 bits per heavy atom. The van der Waals surface area contributed by atoms with Crippen LogP contribution in [0.25, 0.3) is 0 Å². The summed E-state index contributed by atoms with van der Waals surface area (Å²) >= 11 is 0. The van der Waals surface area contributed by atoms with Gasteiger partial charge in [0.25, 0.3) is 0 Å². The molecule has 2 bridgehead atoms. The molecule has 3 aromatic carbocycles. The van der Waals surface area contributed by atoms with E-state index < -0.39 is 5.92 Å². The molecule has 170 valence electrons. The van der Waals surface area contributed by atoms with Gasteiger partial charge in [-0.2, -0.15) is 0 Å². The van der Waals surface area contributed by atoms with Crippen molar-refractivity contribution < 1.29 is 28.5 Å². The van der Waals surface area contributed by atoms with Gasteiger partial charge in [0.15, 0.2) is 17.3 Å². The van der Waals surface area contributed by atoms with Crippen LogP contribution in [0.4, 0.5) is 0 Å². The molecule has 2 unspecified atom stereocenters. The summed E-state index contributed by atoms with van der Waals surface area (Å²) < 4.78 is 28.3. The van der Waals surface area contributed by atoms with Crippen molar-refractivity contribution in [2.45, 2.75) is 18.8 Å². The second kappa shape index (κ2) is 7.73. The fourth-order valence-electron chi connectivity index (χ4n) is 5.37. The highest BCUT2D eigenvalue weighted by molar-refractivity contribution is 6.08. The van der Waals surface area contributed by atoms with E-state index in [0.29, 0.717) is 34.3 Å². The molecule has 0 fully saturated rings. The molecular formula is C27H26O6. The van der Waals surface area contributed by atoms with Gasteiger partial charge in [0.1, 0.15) is 17.2 Å². The zero-order valence-corrected chi connectivity index (χ0v) is 19.6. The molecule has 33 heavy (non-hydrogen) atoms. The predicted molar refractivity (Wildman–Crippen MR) is 124 cm³/mol. The molecule has 6 heteroatoms. The van der Waals surface area contributed by atoms with Gasteiger partial charge in [-0.1, -0.05) is 6.07 Å². The third-order valence-electron chi connectivity index (χ3n) is 6.74. The van der Waals surface area contributed by atoms with E-state index >= 15 is 0 Å². The van der Waals surface area contributed by atoms with Crippen molar-refractivity contribution in [3.63, 3.8) is 0 Å². The Morgan fingerprint density at radius 1 is 0.576 bits per heavy atom. The average molecular weight is 446 g/mol. The third kappa shape index (κ3) is 2.90. The molecular weight excluding hydrogens is 420 g/mol. The van der Waals surface area contributed by atoms with Gasteiger partial charge < -0.3 is 23.7 Å². The molecule has 3 aliphatic carbocycles. The molecule has 0 radical (unpaired) electrons. The SMILES string of the molecule is COc1cc(OC)c2c(c1)C1C(=O)c3cc(OC)c(OC)cc3C2c2cc(C)cc(OC)c21. The normalized spacial score (nSPS) is 17.5. The van der Waals surface area contributed by atoms with Gasteiger partial charge in [-0.05, 0) is 53.4 Å². The van der Waals surface area contributed by atoms with E-state index in [1.54, 1.807) is 41.6 Å². The van der Waals surface area contributed by atoms with Gasteiger partial charge in [0, 0.05) is 28.7 Å². The fraction of sp³-hybridized carbons (Fsp3) is 0.296. The first-order valence-corrected chi connectivity index (χ1v) is 10.7. The van der Waals surface area contributed by atoms with Crippen LogP contribution in [0, 0.1) is 6.92 Å². The van der Waals surface area contributed by atoms with E-state index in [-0.39, 0.29) is 11.7 Å². The standard InChI is InChI=1S/C27H26O6/c1-13-7-17-23-15-11-19(30-3)20(31-4)12-16(15)27(28)26(25(17)21(8-13)32-5)18-9-14(29-2)10-22(33-6)24(18)23/h7-12,23,26H,1-6H3. The van der Waals surface area contributed by atoms with E-state index in [4.69, 9.17) is 23.7 Å². The lowest BCUT2D eigenvalue weighted by molar-refractivity contribution is 0.0973. The molecule has 0 amide bonds. The van der Waals surface area contributed by atoms with Gasteiger partial charge in [-0.25, -0.2) is 0 Å². The Balaban J connectivity index is 1.96. The molecule has 0 saturated heterocycles. The lowest BCUT2D eigenvalue weighted by Crippen LogP contribution is -2.21. The fourth-order valence-corrected chi connectivity index (χ4v) is 5.37. The molecule has 6 nitrogen and oxygen atoms in total. The van der Waals surface area contributed by atoms with Crippen LogP contribution in [0.2, 0.25) is 0 Å². The minimum Gasteiger partial charge on any atom is -0.497 e. The molecule has 3 aromatic rings. The predicted octanol–water partition coefficient (Wildman–Crippen LogP) is 4.86. The molecule has 3 aliphatic rings. The molecule has 0 spiro atoms. The Labute approximate surface area is 193 Å². The first-order chi connectivity index (χ1) is 16.0. The molecule has 0 N–H and O–H groups in total. The lowest BCUT2D eigenvalue weighted by Gasteiger charge is -2.33. The number of ether oxygens (including phenoxy) is 5. The quantitative estimate of drug-likeness (QED) is 0.558. The molecule has 0 aliphatic heterocycles. The number of hydrogen-bond acceptors (Lipinski definition) is 6. The summed E-state index contributed by atoms with van der Waals surface area (Å²) in [6, 6.07) is 11.6. The van der Waals surface area contributed by atoms with Crippen LogP contribution < -0.4 is 23.7 Å². The van der Waals surface area contributed by atoms with Crippen LogP contribution in [0.15, 0.2) is 36.4 Å². The minimum atomic E-state index is -0.565. The van der Waals surface area contributed by atoms with Gasteiger partial charge in [-0.3, -0.25) is 4.79 Å². The first kappa shape index (κ1) is 21.2. The highest BCUT2D eigenvalue weighted by Gasteiger charge is 2.46. The van der Waals surface area contributed by atoms with Crippen molar-refractivity contribution in [3.05, 3.63) is 75.3 Å². The summed E-state index contributed by atoms with van der Waals surface area (Å²) in [6.07, 6.45) is 0. The van der Waals surface area contributed by atoms with Crippen molar-refractivity contribution in [2.75, 3.05) is 35.5 Å². The number of ketones is 1. The third-order valence-corrected chi connectivity index (χ3v) is 6.74. The molecule has 6 rings (SSSR count). The Hall–Kier alpha value is -3.67. The molecule has 0 saturated carbocycles. The summed E-state index contributed by atoms with van der Waals surface area (Å²) in [6.45, 7) is 2.03. The van der Waals surface area contributed by atoms with Gasteiger partial charge in [-0.15, -0.1) is 0 Å². The number of Topliss-reactive ketones (excluding diaryl/α,β-unsaturated/α-hetero) is 1. The highest BCUT2D eigenvalue weighted by Crippen LogP contribution is 2.58. The van der Waals surface area contributed by atoms with Crippen LogP contribution in [0.5, 0.6) is 28.7 Å². The highest BCUT2D eigenvalue weighted by atomic mass is 16.5. The number of carbonyl (C=O) groups is 1. The van der Waals surface area contributed by atoms with E-state index in [9.17, 15) is 4.79 Å². The molecule has 0 aromatic heterocycles. The van der Waals surface area contributed by atoms with Crippen molar-refractivity contribution in [2.24, 2.45) is 0 Å². The largest absolute Gasteiger partial charge is 0.497 e. The van der Waals surface area contributed by atoms with Crippen LogP contribution in [-0.4, -0.2) is 41.3 Å². The van der Waals surface area contributed by atoms with Gasteiger partial charge in [0.2, 0.25) is 0 Å². The summed E-state index contributed by atoms with van der Waals surface area (Å²) in [5.74, 6) is 2.28. The monoisotopic (exact) mass is 446 g/mol. The van der Waals surface area contributed by atoms with Crippen molar-refractivity contribution in [3.8, 4) is 28.7 Å². The maximum absolute atomic E-state index is 14.2. The van der Waals surface area contributed by atoms with Crippen LogP contribution in [0.3, 0.4) is 0 Å². The number of carbonyl (C=O) groups excluding carboxylic acids is 1. The number of methoxy groups -OCH3 is 5. The number of hydrogen-bond donors (Lipinski definition) is 0. The molecule has 0 heterocycles. The average Bonchev–Trinajstić information content (AvgIpc) is 3.00. The lowest BCUT2D eigenvalue weighted by atomic mass is 9.71. The zero-order chi connectivity index (χ0) is 23.4. The van der Waals surface area contributed by atoms with Crippen molar-refractivity contribution >= 4 is 5.78 Å². The van der Waals surface area contributed by atoms with Gasteiger partial charge >= 0.3 is 0 Å². The summed E-state index contributed by atoms with van der Waals surface area (Å²) in [5, 5.41) is 0. The van der Waals surface area contributed by atoms with Crippen LogP contribution in [0.1, 0.15) is 55.6 Å². The van der Waals surface area contributed by atoms with Crippen molar-refractivity contribution in [1.29, 1.82) is 0 Å². The minimum absolute atomic E-state index is 0.0223. The molecule has 2 atom stereocenters. The van der Waals surface area contributed by atoms with Gasteiger partial charge in [0.05, 0.1) is 41.5 Å². The van der Waals surface area contributed by atoms with E-state index in [1.165, 1.54) is 0 Å². The Bertz CT molecular complexity index is 1290. The second-order valence-corrected chi connectivity index (χ2v) is 8.33. The smallest absolute Gasteiger partial charge is 0.175 e. The summed E-state index contributed by atoms with van der Waals surface area (Å²) in [4.78, 5) is 14.2. The number of rotatable bonds is 5. The number of aryl methyl sites for hydroxylation is 1. The zero-order valence-electron chi connectivity index (χ0n) is 19.6. The Morgan fingerprint density at radius 2 is 1.15 bits per heavy atom. The van der Waals surface area contributed by atoms with Crippen molar-refractivity contribution in [1.82, 2.24) is 0 Å². The summed E-state index contributed by atoms with van der Waals surface area (Å²) in [7, 11) is 8.07. The maximum Gasteiger partial charge on any atom is 0.175 e. The first-order valence-electron chi connectivity index (χ1n) is 10.7. The van der Waals surface area contributed by atoms with E-state index in [2.05, 4.69) is 6.07 Å². The Kier molecular flexibility index (Phi) is 4.96. The van der Waals surface area contributed by atoms with Crippen LogP contribution in [-0.2, 0) is 0 Å².